The molecular formula is C35H62O8. The highest BCUT2D eigenvalue weighted by Gasteiger charge is 2.34. The Hall–Kier alpha value is -1.32. The molecule has 250 valence electrons. The largest absolute Gasteiger partial charge is 0.455 e. The summed E-state index contributed by atoms with van der Waals surface area (Å²) in [6, 6.07) is 0. The van der Waals surface area contributed by atoms with E-state index in [1.165, 1.54) is 51.4 Å². The van der Waals surface area contributed by atoms with Gasteiger partial charge >= 0.3 is 5.97 Å². The summed E-state index contributed by atoms with van der Waals surface area (Å²) < 4.78 is 11.1. The lowest BCUT2D eigenvalue weighted by Crippen LogP contribution is -2.31. The number of hydrogen-bond acceptors (Lipinski definition) is 8. The van der Waals surface area contributed by atoms with Gasteiger partial charge in [-0.05, 0) is 64.4 Å². The highest BCUT2D eigenvalue weighted by molar-refractivity contribution is 5.90. The van der Waals surface area contributed by atoms with Crippen molar-refractivity contribution in [3.05, 3.63) is 11.6 Å². The number of hydrogen-bond donors (Lipinski definition) is 4. The molecule has 0 radical (unpaired) electrons. The Morgan fingerprint density at radius 2 is 1.30 bits per heavy atom. The van der Waals surface area contributed by atoms with Crippen LogP contribution in [0, 0.1) is 0 Å². The molecule has 0 aliphatic carbocycles. The van der Waals surface area contributed by atoms with E-state index in [-0.39, 0.29) is 42.9 Å². The van der Waals surface area contributed by atoms with Gasteiger partial charge in [0.25, 0.3) is 0 Å². The van der Waals surface area contributed by atoms with Crippen LogP contribution in [0.4, 0.5) is 0 Å². The van der Waals surface area contributed by atoms with Crippen molar-refractivity contribution in [2.75, 3.05) is 0 Å². The number of ether oxygens (including phenoxy) is 2. The minimum Gasteiger partial charge on any atom is -0.455 e. The lowest BCUT2D eigenvalue weighted by Gasteiger charge is -2.22. The molecule has 0 saturated carbocycles. The minimum absolute atomic E-state index is 0.00246. The molecule has 2 aliphatic heterocycles. The molecular weight excluding hydrogens is 548 g/mol. The van der Waals surface area contributed by atoms with Crippen LogP contribution in [0.25, 0.3) is 0 Å². The highest BCUT2D eigenvalue weighted by Crippen LogP contribution is 2.28. The summed E-state index contributed by atoms with van der Waals surface area (Å²) in [4.78, 5) is 23.9. The Bertz CT molecular complexity index is 799. The second-order valence-electron chi connectivity index (χ2n) is 13.1. The van der Waals surface area contributed by atoms with Gasteiger partial charge in [-0.25, -0.2) is 4.79 Å². The zero-order chi connectivity index (χ0) is 31.5. The molecule has 0 aromatic carbocycles. The maximum absolute atomic E-state index is 12.3. The maximum atomic E-state index is 12.3. The number of cyclic esters (lactones) is 1. The van der Waals surface area contributed by atoms with E-state index in [9.17, 15) is 30.0 Å². The number of Topliss-reactive ketones (excluding diaryl/α,β-unsaturated/α-hetero) is 1. The van der Waals surface area contributed by atoms with E-state index in [0.29, 0.717) is 50.5 Å². The van der Waals surface area contributed by atoms with Crippen LogP contribution >= 0.6 is 0 Å². The standard InChI is InChI=1S/C35H62O8/c1-3-4-5-6-7-8-9-10-11-12-19-31(39)33-21-22-34(43-33)32(40)20-14-13-16-29(37)25-30(38)18-15-17-28(36)24-27-23-26(2)42-35(27)41/h23,26,28,30-34,36,38-40H,3-22,24-25H2,1-2H3/t26-,28+,30+,31+,32+,33-,34+/m0/s1. The summed E-state index contributed by atoms with van der Waals surface area (Å²) in [5, 5.41) is 41.6. The fourth-order valence-corrected chi connectivity index (χ4v) is 6.34. The van der Waals surface area contributed by atoms with Gasteiger partial charge in [0.15, 0.2) is 0 Å². The van der Waals surface area contributed by atoms with Crippen LogP contribution in [0.1, 0.15) is 155 Å². The van der Waals surface area contributed by atoms with E-state index in [1.807, 2.05) is 0 Å². The molecule has 1 saturated heterocycles. The second-order valence-corrected chi connectivity index (χ2v) is 13.1. The van der Waals surface area contributed by atoms with E-state index in [2.05, 4.69) is 6.92 Å². The van der Waals surface area contributed by atoms with Crippen LogP contribution < -0.4 is 0 Å². The number of rotatable bonds is 26. The molecule has 8 nitrogen and oxygen atoms in total. The first-order valence-electron chi connectivity index (χ1n) is 17.5. The van der Waals surface area contributed by atoms with Crippen molar-refractivity contribution in [3.8, 4) is 0 Å². The third kappa shape index (κ3) is 16.5. The lowest BCUT2D eigenvalue weighted by molar-refractivity contribution is -0.139. The molecule has 2 aliphatic rings. The number of carbonyl (C=O) groups excluding carboxylic acids is 2. The monoisotopic (exact) mass is 610 g/mol. The van der Waals surface area contributed by atoms with Crippen molar-refractivity contribution < 1.29 is 39.5 Å². The summed E-state index contributed by atoms with van der Waals surface area (Å²) in [6.07, 6.45) is 17.6. The summed E-state index contributed by atoms with van der Waals surface area (Å²) in [7, 11) is 0. The Kier molecular flexibility index (Phi) is 19.6. The first kappa shape index (κ1) is 37.9. The van der Waals surface area contributed by atoms with Crippen molar-refractivity contribution in [3.63, 3.8) is 0 Å². The molecule has 0 unspecified atom stereocenters. The highest BCUT2D eigenvalue weighted by atomic mass is 16.5. The number of aliphatic hydroxyl groups excluding tert-OH is 4. The molecule has 1 fully saturated rings. The first-order chi connectivity index (χ1) is 20.7. The zero-order valence-corrected chi connectivity index (χ0v) is 27.1. The fourth-order valence-electron chi connectivity index (χ4n) is 6.34. The third-order valence-electron chi connectivity index (χ3n) is 8.99. The predicted molar refractivity (Wildman–Crippen MR) is 169 cm³/mol. The first-order valence-corrected chi connectivity index (χ1v) is 17.5. The molecule has 0 amide bonds. The smallest absolute Gasteiger partial charge is 0.334 e. The van der Waals surface area contributed by atoms with Crippen LogP contribution in [0.2, 0.25) is 0 Å². The van der Waals surface area contributed by atoms with Gasteiger partial charge in [-0.1, -0.05) is 77.6 Å². The predicted octanol–water partition coefficient (Wildman–Crippen LogP) is 6.24. The molecule has 2 heterocycles. The maximum Gasteiger partial charge on any atom is 0.334 e. The van der Waals surface area contributed by atoms with Gasteiger partial charge in [0.05, 0.1) is 36.6 Å². The second kappa shape index (κ2) is 22.2. The molecule has 4 N–H and O–H groups in total. The minimum atomic E-state index is -0.739. The van der Waals surface area contributed by atoms with E-state index in [1.54, 1.807) is 13.0 Å². The average Bonchev–Trinajstić information content (AvgIpc) is 3.58. The van der Waals surface area contributed by atoms with Crippen LogP contribution in [0.5, 0.6) is 0 Å². The van der Waals surface area contributed by atoms with E-state index >= 15 is 0 Å². The molecule has 2 rings (SSSR count). The van der Waals surface area contributed by atoms with Crippen LogP contribution in [-0.2, 0) is 19.1 Å². The van der Waals surface area contributed by atoms with Crippen molar-refractivity contribution in [2.45, 2.75) is 198 Å². The van der Waals surface area contributed by atoms with Gasteiger partial charge < -0.3 is 29.9 Å². The van der Waals surface area contributed by atoms with Crippen LogP contribution in [0.15, 0.2) is 11.6 Å². The number of aliphatic hydroxyl groups is 4. The normalized spacial score (nSPS) is 23.2. The van der Waals surface area contributed by atoms with Crippen molar-refractivity contribution in [1.82, 2.24) is 0 Å². The van der Waals surface area contributed by atoms with E-state index in [4.69, 9.17) is 9.47 Å². The number of esters is 1. The van der Waals surface area contributed by atoms with Gasteiger partial charge in [-0.2, -0.15) is 0 Å². The summed E-state index contributed by atoms with van der Waals surface area (Å²) in [5.74, 6) is -0.374. The molecule has 0 bridgehead atoms. The van der Waals surface area contributed by atoms with Gasteiger partial charge in [0.1, 0.15) is 11.9 Å². The van der Waals surface area contributed by atoms with Gasteiger partial charge in [0.2, 0.25) is 0 Å². The van der Waals surface area contributed by atoms with Crippen molar-refractivity contribution in [2.24, 2.45) is 0 Å². The van der Waals surface area contributed by atoms with Crippen LogP contribution in [0.3, 0.4) is 0 Å². The number of ketones is 1. The third-order valence-corrected chi connectivity index (χ3v) is 8.99. The molecule has 7 atom stereocenters. The van der Waals surface area contributed by atoms with Gasteiger partial charge in [-0.3, -0.25) is 4.79 Å². The summed E-state index contributed by atoms with van der Waals surface area (Å²) >= 11 is 0. The molecule has 0 aromatic rings. The van der Waals surface area contributed by atoms with Crippen molar-refractivity contribution in [1.29, 1.82) is 0 Å². The molecule has 43 heavy (non-hydrogen) atoms. The van der Waals surface area contributed by atoms with E-state index < -0.39 is 24.4 Å². The van der Waals surface area contributed by atoms with E-state index in [0.717, 1.165) is 32.1 Å². The topological polar surface area (TPSA) is 134 Å². The number of unbranched alkanes of at least 4 members (excludes halogenated alkanes) is 10. The molecule has 0 aromatic heterocycles. The van der Waals surface area contributed by atoms with Gasteiger partial charge in [0, 0.05) is 24.8 Å². The quantitative estimate of drug-likeness (QED) is 0.0668. The molecule has 8 heteroatoms. The lowest BCUT2D eigenvalue weighted by atomic mass is 9.98. The van der Waals surface area contributed by atoms with Gasteiger partial charge in [-0.15, -0.1) is 0 Å². The fraction of sp³-hybridized carbons (Fsp3) is 0.886. The Morgan fingerprint density at radius 1 is 0.767 bits per heavy atom. The number of carbonyl (C=O) groups is 2. The van der Waals surface area contributed by atoms with Crippen LogP contribution in [-0.4, -0.2) is 74.9 Å². The summed E-state index contributed by atoms with van der Waals surface area (Å²) in [5.41, 5.74) is 0.498. The molecule has 0 spiro atoms. The summed E-state index contributed by atoms with van der Waals surface area (Å²) in [6.45, 7) is 4.02. The Labute approximate surface area is 260 Å². The Balaban J connectivity index is 1.45. The average molecular weight is 611 g/mol. The van der Waals surface area contributed by atoms with Crippen molar-refractivity contribution >= 4 is 11.8 Å². The SMILES string of the molecule is CCCCCCCCCCCC[C@@H](O)[C@@H]1CC[C@H]([C@H](O)CCCCC(=O)C[C@H](O)CCC[C@@H](O)CC2=C[C@H](C)OC2=O)O1. The Morgan fingerprint density at radius 3 is 1.86 bits per heavy atom. The zero-order valence-electron chi connectivity index (χ0n) is 27.1.